The number of benzene rings is 1. The highest BCUT2D eigenvalue weighted by molar-refractivity contribution is 7.09. The topological polar surface area (TPSA) is 26.0 Å². The van der Waals surface area contributed by atoms with E-state index in [2.05, 4.69) is 55.6 Å². The summed E-state index contributed by atoms with van der Waals surface area (Å²) in [6.07, 6.45) is 2.09. The molecule has 0 saturated heterocycles. The van der Waals surface area contributed by atoms with Gasteiger partial charge in [-0.25, -0.2) is 0 Å². The van der Waals surface area contributed by atoms with Gasteiger partial charge in [-0.05, 0) is 41.3 Å². The zero-order chi connectivity index (χ0) is 13.0. The molecule has 0 bridgehead atoms. The Labute approximate surface area is 114 Å². The second-order valence-corrected chi connectivity index (χ2v) is 6.08. The van der Waals surface area contributed by atoms with Gasteiger partial charge in [0.05, 0.1) is 0 Å². The van der Waals surface area contributed by atoms with Crippen LogP contribution in [0.1, 0.15) is 48.2 Å². The van der Waals surface area contributed by atoms with Gasteiger partial charge in [-0.15, -0.1) is 11.3 Å². The lowest BCUT2D eigenvalue weighted by Crippen LogP contribution is -2.11. The molecule has 2 aromatic rings. The largest absolute Gasteiger partial charge is 0.324 e. The highest BCUT2D eigenvalue weighted by Gasteiger charge is 2.07. The molecule has 96 valence electrons. The Morgan fingerprint density at radius 2 is 1.72 bits per heavy atom. The summed E-state index contributed by atoms with van der Waals surface area (Å²) in [5.74, 6) is 0.585. The molecule has 1 atom stereocenters. The van der Waals surface area contributed by atoms with Crippen LogP contribution in [0.4, 0.5) is 0 Å². The molecule has 18 heavy (non-hydrogen) atoms. The molecule has 0 aliphatic rings. The highest BCUT2D eigenvalue weighted by Crippen LogP contribution is 2.21. The maximum atomic E-state index is 6.24. The molecule has 0 radical (unpaired) electrons. The van der Waals surface area contributed by atoms with Crippen LogP contribution in [-0.4, -0.2) is 0 Å². The third kappa shape index (κ3) is 3.44. The summed E-state index contributed by atoms with van der Waals surface area (Å²) in [6, 6.07) is 13.2. The van der Waals surface area contributed by atoms with Crippen LogP contribution in [0.15, 0.2) is 41.8 Å². The summed E-state index contributed by atoms with van der Waals surface area (Å²) in [5, 5.41) is 2.12. The van der Waals surface area contributed by atoms with Crippen LogP contribution in [0.25, 0.3) is 0 Å². The molecular weight excluding hydrogens is 238 g/mol. The normalized spacial score (nSPS) is 12.9. The molecule has 0 aliphatic carbocycles. The van der Waals surface area contributed by atoms with Crippen molar-refractivity contribution in [1.82, 2.24) is 0 Å². The minimum atomic E-state index is 0.147. The lowest BCUT2D eigenvalue weighted by Gasteiger charge is -2.13. The maximum absolute atomic E-state index is 6.24. The second kappa shape index (κ2) is 6.17. The average molecular weight is 259 g/mol. The lowest BCUT2D eigenvalue weighted by molar-refractivity contribution is 0.655. The van der Waals surface area contributed by atoms with Crippen molar-refractivity contribution in [3.63, 3.8) is 0 Å². The molecule has 2 N–H and O–H groups in total. The van der Waals surface area contributed by atoms with Crippen LogP contribution >= 0.6 is 11.3 Å². The van der Waals surface area contributed by atoms with Gasteiger partial charge in [-0.3, -0.25) is 0 Å². The van der Waals surface area contributed by atoms with Crippen LogP contribution < -0.4 is 5.73 Å². The van der Waals surface area contributed by atoms with Crippen LogP contribution in [0.3, 0.4) is 0 Å². The average Bonchev–Trinajstić information content (AvgIpc) is 2.89. The molecule has 1 aromatic carbocycles. The number of nitrogens with two attached hydrogens (primary N) is 1. The van der Waals surface area contributed by atoms with Gasteiger partial charge >= 0.3 is 0 Å². The summed E-state index contributed by atoms with van der Waals surface area (Å²) in [7, 11) is 0. The Hall–Kier alpha value is -1.12. The lowest BCUT2D eigenvalue weighted by atomic mass is 9.97. The Morgan fingerprint density at radius 1 is 1.06 bits per heavy atom. The first kappa shape index (κ1) is 13.3. The number of thiophene rings is 1. The summed E-state index contributed by atoms with van der Waals surface area (Å²) in [4.78, 5) is 1.42. The summed E-state index contributed by atoms with van der Waals surface area (Å²) >= 11 is 1.81. The van der Waals surface area contributed by atoms with Crippen LogP contribution in [0.2, 0.25) is 0 Å². The summed E-state index contributed by atoms with van der Waals surface area (Å²) in [5.41, 5.74) is 8.87. The molecule has 1 unspecified atom stereocenters. The van der Waals surface area contributed by atoms with E-state index in [9.17, 15) is 0 Å². The van der Waals surface area contributed by atoms with Crippen molar-refractivity contribution >= 4 is 11.3 Å². The van der Waals surface area contributed by atoms with Gasteiger partial charge < -0.3 is 5.73 Å². The number of aryl methyl sites for hydroxylation is 1. The van der Waals surface area contributed by atoms with E-state index in [0.29, 0.717) is 5.92 Å². The minimum Gasteiger partial charge on any atom is -0.324 e. The molecule has 0 aliphatic heterocycles. The molecule has 0 spiro atoms. The van der Waals surface area contributed by atoms with Crippen molar-refractivity contribution in [2.75, 3.05) is 0 Å². The van der Waals surface area contributed by atoms with E-state index in [0.717, 1.165) is 12.8 Å². The fraction of sp³-hybridized carbons (Fsp3) is 0.375. The molecule has 1 heterocycles. The second-order valence-electron chi connectivity index (χ2n) is 5.05. The fourth-order valence-corrected chi connectivity index (χ4v) is 2.77. The maximum Gasteiger partial charge on any atom is 0.0298 e. The molecule has 2 heteroatoms. The van der Waals surface area contributed by atoms with Crippen molar-refractivity contribution in [2.24, 2.45) is 5.73 Å². The molecule has 1 nitrogen and oxygen atoms in total. The van der Waals surface area contributed by atoms with E-state index in [1.54, 1.807) is 0 Å². The molecule has 0 amide bonds. The molecule has 2 rings (SSSR count). The molecule has 0 saturated carbocycles. The fourth-order valence-electron chi connectivity index (χ4n) is 2.05. The Morgan fingerprint density at radius 3 is 2.28 bits per heavy atom. The smallest absolute Gasteiger partial charge is 0.0298 e. The zero-order valence-corrected chi connectivity index (χ0v) is 11.9. The number of rotatable bonds is 5. The third-order valence-corrected chi connectivity index (χ3v) is 4.25. The minimum absolute atomic E-state index is 0.147. The Kier molecular flexibility index (Phi) is 4.56. The van der Waals surface area contributed by atoms with Crippen molar-refractivity contribution in [3.8, 4) is 0 Å². The van der Waals surface area contributed by atoms with Gasteiger partial charge in [0.1, 0.15) is 0 Å². The van der Waals surface area contributed by atoms with E-state index in [4.69, 9.17) is 5.73 Å². The van der Waals surface area contributed by atoms with E-state index in [1.807, 2.05) is 11.3 Å². The highest BCUT2D eigenvalue weighted by atomic mass is 32.1. The molecule has 0 fully saturated rings. The van der Waals surface area contributed by atoms with E-state index in [1.165, 1.54) is 16.0 Å². The molecular formula is C16H21NS. The first-order valence-corrected chi connectivity index (χ1v) is 7.42. The van der Waals surface area contributed by atoms with E-state index in [-0.39, 0.29) is 6.04 Å². The van der Waals surface area contributed by atoms with Crippen molar-refractivity contribution in [3.05, 3.63) is 57.8 Å². The Bertz CT molecular complexity index is 456. The standard InChI is InChI=1S/C16H21NS/c1-12(2)13-5-7-14(8-6-13)16(17)10-9-15-4-3-11-18-15/h3-8,11-12,16H,9-10,17H2,1-2H3. The van der Waals surface area contributed by atoms with E-state index >= 15 is 0 Å². The van der Waals surface area contributed by atoms with Gasteiger partial charge in [0, 0.05) is 10.9 Å². The quantitative estimate of drug-likeness (QED) is 0.840. The van der Waals surface area contributed by atoms with Gasteiger partial charge in [-0.1, -0.05) is 44.2 Å². The van der Waals surface area contributed by atoms with Crippen LogP contribution in [0, 0.1) is 0 Å². The number of hydrogen-bond donors (Lipinski definition) is 1. The van der Waals surface area contributed by atoms with Crippen LogP contribution in [0.5, 0.6) is 0 Å². The van der Waals surface area contributed by atoms with Crippen molar-refractivity contribution < 1.29 is 0 Å². The summed E-state index contributed by atoms with van der Waals surface area (Å²) in [6.45, 7) is 4.43. The monoisotopic (exact) mass is 259 g/mol. The van der Waals surface area contributed by atoms with Crippen molar-refractivity contribution in [1.29, 1.82) is 0 Å². The first-order chi connectivity index (χ1) is 8.66. The predicted molar refractivity (Wildman–Crippen MR) is 80.1 cm³/mol. The number of hydrogen-bond acceptors (Lipinski definition) is 2. The first-order valence-electron chi connectivity index (χ1n) is 6.54. The summed E-state index contributed by atoms with van der Waals surface area (Å²) < 4.78 is 0. The molecule has 1 aromatic heterocycles. The van der Waals surface area contributed by atoms with Gasteiger partial charge in [0.2, 0.25) is 0 Å². The predicted octanol–water partition coefficient (Wildman–Crippen LogP) is 4.50. The van der Waals surface area contributed by atoms with Crippen LogP contribution in [-0.2, 0) is 6.42 Å². The van der Waals surface area contributed by atoms with E-state index < -0.39 is 0 Å². The van der Waals surface area contributed by atoms with Gasteiger partial charge in [0.25, 0.3) is 0 Å². The SMILES string of the molecule is CC(C)c1ccc(C(N)CCc2cccs2)cc1. The van der Waals surface area contributed by atoms with Gasteiger partial charge in [-0.2, -0.15) is 0 Å². The van der Waals surface area contributed by atoms with Crippen molar-refractivity contribution in [2.45, 2.75) is 38.6 Å². The van der Waals surface area contributed by atoms with Gasteiger partial charge in [0.15, 0.2) is 0 Å². The zero-order valence-electron chi connectivity index (χ0n) is 11.1. The third-order valence-electron chi connectivity index (χ3n) is 3.31. The Balaban J connectivity index is 1.94.